The fraction of sp³-hybridized carbons (Fsp3) is 0.143. The third kappa shape index (κ3) is 3.76. The van der Waals surface area contributed by atoms with E-state index in [1.807, 2.05) is 17.5 Å². The van der Waals surface area contributed by atoms with Crippen LogP contribution in [0.15, 0.2) is 46.8 Å². The smallest absolute Gasteiger partial charge is 0.263 e. The number of hydrogen-bond acceptors (Lipinski definition) is 5. The van der Waals surface area contributed by atoms with Crippen LogP contribution in [0.1, 0.15) is 5.56 Å². The molecule has 0 aliphatic heterocycles. The second-order valence-electron chi connectivity index (χ2n) is 6.42. The SMILES string of the molecule is COc1ccc(-c2csc3ncn(Cc4c(Cl)cc(Cl)cc4Cl)c(=O)c23)cc1OC. The first kappa shape index (κ1) is 21.0. The van der Waals surface area contributed by atoms with Gasteiger partial charge in [-0.2, -0.15) is 0 Å². The number of ether oxygens (including phenoxy) is 2. The number of nitrogens with zero attached hydrogens (tertiary/aromatic N) is 2. The third-order valence-corrected chi connectivity index (χ3v) is 6.47. The summed E-state index contributed by atoms with van der Waals surface area (Å²) in [6.07, 6.45) is 1.50. The largest absolute Gasteiger partial charge is 0.493 e. The van der Waals surface area contributed by atoms with Gasteiger partial charge in [-0.1, -0.05) is 40.9 Å². The molecule has 5 nitrogen and oxygen atoms in total. The maximum Gasteiger partial charge on any atom is 0.263 e. The Kier molecular flexibility index (Phi) is 5.93. The fourth-order valence-electron chi connectivity index (χ4n) is 3.19. The summed E-state index contributed by atoms with van der Waals surface area (Å²) < 4.78 is 12.2. The van der Waals surface area contributed by atoms with Gasteiger partial charge in [-0.15, -0.1) is 11.3 Å². The normalized spacial score (nSPS) is 11.1. The monoisotopic (exact) mass is 480 g/mol. The summed E-state index contributed by atoms with van der Waals surface area (Å²) in [5, 5.41) is 3.65. The van der Waals surface area contributed by atoms with Crippen molar-refractivity contribution in [3.8, 4) is 22.6 Å². The van der Waals surface area contributed by atoms with Crippen molar-refractivity contribution < 1.29 is 9.47 Å². The van der Waals surface area contributed by atoms with Crippen LogP contribution in [-0.4, -0.2) is 23.8 Å². The highest BCUT2D eigenvalue weighted by molar-refractivity contribution is 7.17. The number of benzene rings is 2. The van der Waals surface area contributed by atoms with Gasteiger partial charge >= 0.3 is 0 Å². The van der Waals surface area contributed by atoms with Gasteiger partial charge in [0.1, 0.15) is 4.83 Å². The molecule has 0 N–H and O–H groups in total. The first-order chi connectivity index (χ1) is 14.4. The third-order valence-electron chi connectivity index (χ3n) is 4.69. The zero-order valence-electron chi connectivity index (χ0n) is 15.9. The van der Waals surface area contributed by atoms with E-state index in [1.165, 1.54) is 22.2 Å². The Bertz CT molecular complexity index is 1290. The first-order valence-corrected chi connectivity index (χ1v) is 10.8. The van der Waals surface area contributed by atoms with Crippen LogP contribution in [0.25, 0.3) is 21.3 Å². The molecule has 0 aliphatic rings. The molecule has 4 rings (SSSR count). The van der Waals surface area contributed by atoms with Gasteiger partial charge in [0.25, 0.3) is 5.56 Å². The van der Waals surface area contributed by atoms with Crippen LogP contribution < -0.4 is 15.0 Å². The number of aromatic nitrogens is 2. The number of fused-ring (bicyclic) bond motifs is 1. The average Bonchev–Trinajstić information content (AvgIpc) is 3.16. The van der Waals surface area contributed by atoms with E-state index in [0.29, 0.717) is 42.3 Å². The minimum atomic E-state index is -0.187. The Balaban J connectivity index is 1.84. The summed E-state index contributed by atoms with van der Waals surface area (Å²) in [5.41, 5.74) is 2.02. The molecule has 0 unspecified atom stereocenters. The summed E-state index contributed by atoms with van der Waals surface area (Å²) in [7, 11) is 3.15. The molecule has 30 heavy (non-hydrogen) atoms. The summed E-state index contributed by atoms with van der Waals surface area (Å²) in [6.45, 7) is 0.178. The second-order valence-corrected chi connectivity index (χ2v) is 8.53. The Hall–Kier alpha value is -2.25. The zero-order chi connectivity index (χ0) is 21.4. The van der Waals surface area contributed by atoms with Gasteiger partial charge in [0.05, 0.1) is 32.5 Å². The topological polar surface area (TPSA) is 53.4 Å². The molecule has 0 fully saturated rings. The molecular weight excluding hydrogens is 467 g/mol. The number of methoxy groups -OCH3 is 2. The van der Waals surface area contributed by atoms with Gasteiger partial charge in [0, 0.05) is 31.6 Å². The summed E-state index contributed by atoms with van der Waals surface area (Å²) in [6, 6.07) is 8.72. The molecule has 2 aromatic carbocycles. The van der Waals surface area contributed by atoms with E-state index in [1.54, 1.807) is 32.4 Å². The quantitative estimate of drug-likeness (QED) is 0.343. The van der Waals surface area contributed by atoms with Crippen LogP contribution in [0.3, 0.4) is 0 Å². The van der Waals surface area contributed by atoms with Crippen molar-refractivity contribution in [2.45, 2.75) is 6.54 Å². The van der Waals surface area contributed by atoms with Crippen LogP contribution in [0.2, 0.25) is 15.1 Å². The molecule has 2 aromatic heterocycles. The highest BCUT2D eigenvalue weighted by atomic mass is 35.5. The molecular formula is C21H15Cl3N2O3S. The Labute approximate surface area is 191 Å². The number of rotatable bonds is 5. The first-order valence-electron chi connectivity index (χ1n) is 8.75. The zero-order valence-corrected chi connectivity index (χ0v) is 19.0. The highest BCUT2D eigenvalue weighted by Crippen LogP contribution is 2.36. The van der Waals surface area contributed by atoms with E-state index >= 15 is 0 Å². The van der Waals surface area contributed by atoms with Gasteiger partial charge in [-0.3, -0.25) is 9.36 Å². The van der Waals surface area contributed by atoms with Crippen LogP contribution in [-0.2, 0) is 6.54 Å². The lowest BCUT2D eigenvalue weighted by Crippen LogP contribution is -2.21. The molecule has 0 radical (unpaired) electrons. The molecule has 0 saturated carbocycles. The summed E-state index contributed by atoms with van der Waals surface area (Å²) in [5.74, 6) is 1.20. The minimum Gasteiger partial charge on any atom is -0.493 e. The van der Waals surface area contributed by atoms with Gasteiger partial charge in [0.2, 0.25) is 0 Å². The van der Waals surface area contributed by atoms with Crippen molar-refractivity contribution in [3.63, 3.8) is 0 Å². The van der Waals surface area contributed by atoms with Crippen LogP contribution in [0.4, 0.5) is 0 Å². The van der Waals surface area contributed by atoms with Crippen LogP contribution in [0.5, 0.6) is 11.5 Å². The van der Waals surface area contributed by atoms with Gasteiger partial charge in [-0.25, -0.2) is 4.98 Å². The maximum atomic E-state index is 13.3. The van der Waals surface area contributed by atoms with E-state index in [-0.39, 0.29) is 12.1 Å². The molecule has 4 aromatic rings. The summed E-state index contributed by atoms with van der Waals surface area (Å²) in [4.78, 5) is 18.4. The van der Waals surface area contributed by atoms with Crippen LogP contribution in [0, 0.1) is 0 Å². The number of halogens is 3. The van der Waals surface area contributed by atoms with Crippen molar-refractivity contribution in [3.05, 3.63) is 73.0 Å². The number of thiophene rings is 1. The molecule has 9 heteroatoms. The molecule has 154 valence electrons. The van der Waals surface area contributed by atoms with Gasteiger partial charge in [-0.05, 0) is 29.8 Å². The Morgan fingerprint density at radius 1 is 1.03 bits per heavy atom. The Morgan fingerprint density at radius 2 is 1.73 bits per heavy atom. The van der Waals surface area contributed by atoms with Crippen LogP contribution >= 0.6 is 46.1 Å². The molecule has 0 bridgehead atoms. The summed E-state index contributed by atoms with van der Waals surface area (Å²) >= 11 is 20.0. The van der Waals surface area contributed by atoms with E-state index in [9.17, 15) is 4.79 Å². The molecule has 2 heterocycles. The lowest BCUT2D eigenvalue weighted by molar-refractivity contribution is 0.355. The van der Waals surface area contributed by atoms with Crippen molar-refractivity contribution in [2.75, 3.05) is 14.2 Å². The van der Waals surface area contributed by atoms with Crippen molar-refractivity contribution in [1.82, 2.24) is 9.55 Å². The standard InChI is InChI=1S/C21H15Cl3N2O3S/c1-28-17-4-3-11(5-18(17)29-2)14-9-30-20-19(14)21(27)26(10-25-20)8-13-15(23)6-12(22)7-16(13)24/h3-7,9-10H,8H2,1-2H3. The predicted molar refractivity (Wildman–Crippen MR) is 123 cm³/mol. The van der Waals surface area contributed by atoms with Crippen molar-refractivity contribution in [2.24, 2.45) is 0 Å². The molecule has 0 amide bonds. The van der Waals surface area contributed by atoms with E-state index in [2.05, 4.69) is 4.98 Å². The predicted octanol–water partition coefficient (Wildman–Crippen LogP) is 6.15. The van der Waals surface area contributed by atoms with Crippen molar-refractivity contribution >= 4 is 56.4 Å². The van der Waals surface area contributed by atoms with E-state index < -0.39 is 0 Å². The van der Waals surface area contributed by atoms with Gasteiger partial charge in [0.15, 0.2) is 11.5 Å². The average molecular weight is 482 g/mol. The second kappa shape index (κ2) is 8.47. The van der Waals surface area contributed by atoms with Crippen molar-refractivity contribution in [1.29, 1.82) is 0 Å². The molecule has 0 saturated heterocycles. The number of hydrogen-bond donors (Lipinski definition) is 0. The maximum absolute atomic E-state index is 13.3. The molecule has 0 spiro atoms. The van der Waals surface area contributed by atoms with E-state index in [4.69, 9.17) is 44.3 Å². The van der Waals surface area contributed by atoms with Gasteiger partial charge < -0.3 is 9.47 Å². The Morgan fingerprint density at radius 3 is 2.40 bits per heavy atom. The minimum absolute atomic E-state index is 0.178. The molecule has 0 atom stereocenters. The fourth-order valence-corrected chi connectivity index (χ4v) is 5.03. The molecule has 0 aliphatic carbocycles. The van der Waals surface area contributed by atoms with E-state index in [0.717, 1.165) is 11.1 Å². The lowest BCUT2D eigenvalue weighted by atomic mass is 10.1. The lowest BCUT2D eigenvalue weighted by Gasteiger charge is -2.11. The highest BCUT2D eigenvalue weighted by Gasteiger charge is 2.17.